The quantitative estimate of drug-likeness (QED) is 0.293. The maximum Gasteiger partial charge on any atom is 0.264 e. The van der Waals surface area contributed by atoms with Gasteiger partial charge in [0.05, 0.1) is 27.2 Å². The molecule has 0 saturated carbocycles. The molecule has 1 N–H and O–H groups in total. The largest absolute Gasteiger partial charge is 0.492 e. The summed E-state index contributed by atoms with van der Waals surface area (Å²) >= 11 is 12.3. The van der Waals surface area contributed by atoms with E-state index in [1.165, 1.54) is 17.0 Å². The molecule has 11 heteroatoms. The Kier molecular flexibility index (Phi) is 10.8. The predicted octanol–water partition coefficient (Wildman–Crippen LogP) is 5.53. The molecule has 1 atom stereocenters. The molecule has 0 radical (unpaired) electrons. The zero-order chi connectivity index (χ0) is 29.4. The number of halogens is 2. The number of sulfonamides is 1. The van der Waals surface area contributed by atoms with E-state index in [0.29, 0.717) is 28.0 Å². The van der Waals surface area contributed by atoms with E-state index in [1.807, 2.05) is 13.8 Å². The molecule has 3 rings (SSSR count). The number of ether oxygens (including phenoxy) is 1. The Morgan fingerprint density at radius 2 is 1.57 bits per heavy atom. The third-order valence-electron chi connectivity index (χ3n) is 5.98. The summed E-state index contributed by atoms with van der Waals surface area (Å²) in [5, 5.41) is 3.46. The molecule has 0 heterocycles. The topological polar surface area (TPSA) is 96.0 Å². The fourth-order valence-electron chi connectivity index (χ4n) is 4.00. The fraction of sp³-hybridized carbons (Fsp3) is 0.310. The Bertz CT molecular complexity index is 1430. The van der Waals surface area contributed by atoms with Crippen LogP contribution in [0.4, 0.5) is 5.69 Å². The van der Waals surface area contributed by atoms with Crippen LogP contribution < -0.4 is 14.4 Å². The lowest BCUT2D eigenvalue weighted by Crippen LogP contribution is -2.52. The van der Waals surface area contributed by atoms with Gasteiger partial charge in [-0.15, -0.1) is 0 Å². The monoisotopic (exact) mass is 605 g/mol. The van der Waals surface area contributed by atoms with Crippen molar-refractivity contribution in [1.82, 2.24) is 10.2 Å². The third kappa shape index (κ3) is 7.68. The standard InChI is InChI=1S/C29H33Cl2N3O5S/c1-5-39-27-14-10-9-13-26(27)34(40(37,38)23-11-7-6-8-12-23)19-28(35)33(21(4)29(36)32-20(2)3)18-22-15-16-24(30)25(31)17-22/h6-17,20-21H,5,18-19H2,1-4H3,(H,32,36)/t21-/m1/s1. The zero-order valence-corrected chi connectivity index (χ0v) is 25.1. The van der Waals surface area contributed by atoms with Crippen molar-refractivity contribution < 1.29 is 22.7 Å². The number of hydrogen-bond donors (Lipinski definition) is 1. The molecule has 0 aliphatic carbocycles. The Morgan fingerprint density at radius 3 is 2.20 bits per heavy atom. The number of amides is 2. The molecule has 0 aliphatic rings. The molecule has 2 amide bonds. The second-order valence-electron chi connectivity index (χ2n) is 9.33. The van der Waals surface area contributed by atoms with Gasteiger partial charge in [0.1, 0.15) is 18.3 Å². The van der Waals surface area contributed by atoms with Crippen molar-refractivity contribution in [2.45, 2.75) is 51.2 Å². The second kappa shape index (κ2) is 13.9. The fourth-order valence-corrected chi connectivity index (χ4v) is 5.76. The van der Waals surface area contributed by atoms with E-state index in [4.69, 9.17) is 27.9 Å². The summed E-state index contributed by atoms with van der Waals surface area (Å²) in [5.41, 5.74) is 0.828. The number of anilines is 1. The van der Waals surface area contributed by atoms with Crippen LogP contribution in [0, 0.1) is 0 Å². The number of rotatable bonds is 12. The van der Waals surface area contributed by atoms with Gasteiger partial charge in [-0.2, -0.15) is 0 Å². The maximum absolute atomic E-state index is 14.0. The number of nitrogens with one attached hydrogen (secondary N) is 1. The van der Waals surface area contributed by atoms with E-state index in [0.717, 1.165) is 4.31 Å². The van der Waals surface area contributed by atoms with Crippen molar-refractivity contribution >= 4 is 50.7 Å². The van der Waals surface area contributed by atoms with Gasteiger partial charge < -0.3 is 15.0 Å². The smallest absolute Gasteiger partial charge is 0.264 e. The molecular formula is C29H33Cl2N3O5S. The average molecular weight is 607 g/mol. The molecule has 0 fully saturated rings. The van der Waals surface area contributed by atoms with Crippen LogP contribution in [0.15, 0.2) is 77.7 Å². The van der Waals surface area contributed by atoms with E-state index >= 15 is 0 Å². The van der Waals surface area contributed by atoms with Crippen molar-refractivity contribution in [2.24, 2.45) is 0 Å². The minimum absolute atomic E-state index is 0.00522. The Morgan fingerprint density at radius 1 is 0.925 bits per heavy atom. The molecule has 0 unspecified atom stereocenters. The SMILES string of the molecule is CCOc1ccccc1N(CC(=O)N(Cc1ccc(Cl)c(Cl)c1)[C@H](C)C(=O)NC(C)C)S(=O)(=O)c1ccccc1. The van der Waals surface area contributed by atoms with Crippen LogP contribution in [0.1, 0.15) is 33.3 Å². The molecule has 3 aromatic rings. The van der Waals surface area contributed by atoms with Crippen LogP contribution in [0.5, 0.6) is 5.75 Å². The van der Waals surface area contributed by atoms with Gasteiger partial charge in [-0.25, -0.2) is 8.42 Å². The second-order valence-corrected chi connectivity index (χ2v) is 12.0. The van der Waals surface area contributed by atoms with E-state index in [2.05, 4.69) is 5.32 Å². The van der Waals surface area contributed by atoms with E-state index in [-0.39, 0.29) is 29.1 Å². The predicted molar refractivity (Wildman–Crippen MR) is 158 cm³/mol. The van der Waals surface area contributed by atoms with Gasteiger partial charge in [0.25, 0.3) is 10.0 Å². The molecule has 0 bridgehead atoms. The van der Waals surface area contributed by atoms with Crippen molar-refractivity contribution in [3.63, 3.8) is 0 Å². The van der Waals surface area contributed by atoms with Crippen LogP contribution in [-0.2, 0) is 26.2 Å². The van der Waals surface area contributed by atoms with Gasteiger partial charge in [-0.05, 0) is 69.7 Å². The van der Waals surface area contributed by atoms with Crippen molar-refractivity contribution in [3.05, 3.63) is 88.4 Å². The summed E-state index contributed by atoms with van der Waals surface area (Å²) in [5.74, 6) is -0.669. The van der Waals surface area contributed by atoms with E-state index in [1.54, 1.807) is 74.5 Å². The molecular weight excluding hydrogens is 573 g/mol. The Labute approximate surface area is 245 Å². The molecule has 0 spiro atoms. The number of para-hydroxylation sites is 2. The van der Waals surface area contributed by atoms with E-state index < -0.39 is 28.5 Å². The summed E-state index contributed by atoms with van der Waals surface area (Å²) in [6.07, 6.45) is 0. The summed E-state index contributed by atoms with van der Waals surface area (Å²) in [7, 11) is -4.21. The Hall–Kier alpha value is -3.27. The van der Waals surface area contributed by atoms with Crippen LogP contribution >= 0.6 is 23.2 Å². The summed E-state index contributed by atoms with van der Waals surface area (Å²) in [4.78, 5) is 28.4. The third-order valence-corrected chi connectivity index (χ3v) is 8.49. The molecule has 40 heavy (non-hydrogen) atoms. The minimum Gasteiger partial charge on any atom is -0.492 e. The molecule has 3 aromatic carbocycles. The first kappa shape index (κ1) is 31.3. The highest BCUT2D eigenvalue weighted by Gasteiger charge is 2.34. The first-order valence-corrected chi connectivity index (χ1v) is 15.0. The number of carbonyl (C=O) groups excluding carboxylic acids is 2. The lowest BCUT2D eigenvalue weighted by molar-refractivity contribution is -0.139. The Balaban J connectivity index is 2.08. The summed E-state index contributed by atoms with van der Waals surface area (Å²) in [6, 6.07) is 18.3. The number of nitrogens with zero attached hydrogens (tertiary/aromatic N) is 2. The normalized spacial score (nSPS) is 12.1. The van der Waals surface area contributed by atoms with Gasteiger partial charge in [0.2, 0.25) is 11.8 Å². The van der Waals surface area contributed by atoms with Crippen LogP contribution in [-0.4, -0.2) is 50.4 Å². The minimum atomic E-state index is -4.21. The summed E-state index contributed by atoms with van der Waals surface area (Å²) in [6.45, 7) is 6.71. The molecule has 0 saturated heterocycles. The van der Waals surface area contributed by atoms with Crippen LogP contribution in [0.2, 0.25) is 10.0 Å². The highest BCUT2D eigenvalue weighted by Crippen LogP contribution is 2.33. The average Bonchev–Trinajstić information content (AvgIpc) is 2.92. The van der Waals surface area contributed by atoms with E-state index in [9.17, 15) is 18.0 Å². The van der Waals surface area contributed by atoms with Gasteiger partial charge >= 0.3 is 0 Å². The zero-order valence-electron chi connectivity index (χ0n) is 22.8. The molecule has 0 aromatic heterocycles. The van der Waals surface area contributed by atoms with Crippen molar-refractivity contribution in [3.8, 4) is 5.75 Å². The first-order valence-electron chi connectivity index (χ1n) is 12.8. The number of carbonyl (C=O) groups is 2. The summed E-state index contributed by atoms with van der Waals surface area (Å²) < 4.78 is 34.6. The molecule has 8 nitrogen and oxygen atoms in total. The maximum atomic E-state index is 14.0. The van der Waals surface area contributed by atoms with Gasteiger partial charge in [-0.3, -0.25) is 13.9 Å². The van der Waals surface area contributed by atoms with Crippen molar-refractivity contribution in [2.75, 3.05) is 17.5 Å². The lowest BCUT2D eigenvalue weighted by atomic mass is 10.1. The number of benzene rings is 3. The van der Waals surface area contributed by atoms with Crippen LogP contribution in [0.25, 0.3) is 0 Å². The van der Waals surface area contributed by atoms with Gasteiger partial charge in [-0.1, -0.05) is 59.6 Å². The molecule has 214 valence electrons. The lowest BCUT2D eigenvalue weighted by Gasteiger charge is -2.32. The first-order chi connectivity index (χ1) is 18.9. The highest BCUT2D eigenvalue weighted by molar-refractivity contribution is 7.92. The van der Waals surface area contributed by atoms with Gasteiger partial charge in [0.15, 0.2) is 0 Å². The van der Waals surface area contributed by atoms with Gasteiger partial charge in [0, 0.05) is 12.6 Å². The van der Waals surface area contributed by atoms with Crippen LogP contribution in [0.3, 0.4) is 0 Å². The molecule has 0 aliphatic heterocycles. The highest BCUT2D eigenvalue weighted by atomic mass is 35.5. The number of hydrogen-bond acceptors (Lipinski definition) is 5. The van der Waals surface area contributed by atoms with Crippen molar-refractivity contribution in [1.29, 1.82) is 0 Å².